The molecule has 5 rings (SSSR count). The number of fused-ring (bicyclic) bond motifs is 1. The summed E-state index contributed by atoms with van der Waals surface area (Å²) in [7, 11) is 1.56. The van der Waals surface area contributed by atoms with Crippen molar-refractivity contribution in [1.82, 2.24) is 14.8 Å². The van der Waals surface area contributed by atoms with Gasteiger partial charge in [0.05, 0.1) is 17.5 Å². The maximum absolute atomic E-state index is 14.4. The standard InChI is InChI=1S/C29H29FN4O2S/c1-36-26-9-3-8-25(30)24(26)20-33-16-5-17-34(19-18-33)29(35)22-11-13-23(14-12-22)32-37-27-10-2-6-21-7-4-15-31-28(21)27/h2-4,6-15,32H,5,16-20H2,1H3. The number of rotatable bonds is 7. The number of hydrogen-bond acceptors (Lipinski definition) is 6. The average Bonchev–Trinajstić information content (AvgIpc) is 3.18. The first-order valence-corrected chi connectivity index (χ1v) is 13.1. The number of anilines is 1. The van der Waals surface area contributed by atoms with Crippen molar-refractivity contribution in [2.24, 2.45) is 0 Å². The summed E-state index contributed by atoms with van der Waals surface area (Å²) >= 11 is 1.50. The Hall–Kier alpha value is -3.62. The lowest BCUT2D eigenvalue weighted by atomic mass is 10.1. The number of pyridine rings is 1. The number of amides is 1. The zero-order valence-electron chi connectivity index (χ0n) is 20.7. The van der Waals surface area contributed by atoms with Crippen LogP contribution < -0.4 is 9.46 Å². The van der Waals surface area contributed by atoms with Crippen molar-refractivity contribution in [2.45, 2.75) is 17.9 Å². The molecule has 1 N–H and O–H groups in total. The molecule has 0 bridgehead atoms. The molecule has 1 aromatic heterocycles. The number of para-hydroxylation sites is 1. The van der Waals surface area contributed by atoms with Crippen LogP contribution in [-0.2, 0) is 6.54 Å². The normalized spacial score (nSPS) is 14.4. The first-order chi connectivity index (χ1) is 18.1. The second-order valence-corrected chi connectivity index (χ2v) is 9.80. The van der Waals surface area contributed by atoms with Crippen LogP contribution >= 0.6 is 11.9 Å². The van der Waals surface area contributed by atoms with Gasteiger partial charge in [-0.1, -0.05) is 24.3 Å². The summed E-state index contributed by atoms with van der Waals surface area (Å²) in [4.78, 5) is 22.8. The molecule has 0 atom stereocenters. The van der Waals surface area contributed by atoms with Crippen LogP contribution in [0.15, 0.2) is 83.9 Å². The van der Waals surface area contributed by atoms with Crippen LogP contribution in [0, 0.1) is 5.82 Å². The minimum atomic E-state index is -0.264. The molecule has 0 unspecified atom stereocenters. The van der Waals surface area contributed by atoms with Crippen molar-refractivity contribution < 1.29 is 13.9 Å². The molecule has 1 saturated heterocycles. The number of halogens is 1. The smallest absolute Gasteiger partial charge is 0.253 e. The maximum Gasteiger partial charge on any atom is 0.253 e. The summed E-state index contributed by atoms with van der Waals surface area (Å²) in [6.45, 7) is 3.21. The SMILES string of the molecule is COc1cccc(F)c1CN1CCCN(C(=O)c2ccc(NSc3cccc4cccnc34)cc2)CC1. The quantitative estimate of drug-likeness (QED) is 0.311. The number of nitrogens with zero attached hydrogens (tertiary/aromatic N) is 3. The Labute approximate surface area is 220 Å². The lowest BCUT2D eigenvalue weighted by Gasteiger charge is -2.23. The van der Waals surface area contributed by atoms with Gasteiger partial charge < -0.3 is 14.4 Å². The second-order valence-electron chi connectivity index (χ2n) is 8.96. The minimum Gasteiger partial charge on any atom is -0.496 e. The number of benzene rings is 3. The summed E-state index contributed by atoms with van der Waals surface area (Å²) < 4.78 is 23.1. The zero-order chi connectivity index (χ0) is 25.6. The molecule has 0 aliphatic carbocycles. The Bertz CT molecular complexity index is 1380. The minimum absolute atomic E-state index is 0.0165. The zero-order valence-corrected chi connectivity index (χ0v) is 21.5. The molecule has 0 saturated carbocycles. The Morgan fingerprint density at radius 3 is 2.65 bits per heavy atom. The fourth-order valence-electron chi connectivity index (χ4n) is 4.58. The van der Waals surface area contributed by atoms with Gasteiger partial charge in [-0.25, -0.2) is 4.39 Å². The number of carbonyl (C=O) groups is 1. The van der Waals surface area contributed by atoms with Crippen LogP contribution in [0.25, 0.3) is 10.9 Å². The number of ether oxygens (including phenoxy) is 1. The van der Waals surface area contributed by atoms with E-state index in [4.69, 9.17) is 4.74 Å². The molecule has 1 fully saturated rings. The van der Waals surface area contributed by atoms with Crippen LogP contribution in [0.5, 0.6) is 5.75 Å². The summed E-state index contributed by atoms with van der Waals surface area (Å²) in [5.74, 6) is 0.309. The Morgan fingerprint density at radius 1 is 1.00 bits per heavy atom. The molecular weight excluding hydrogens is 487 g/mol. The van der Waals surface area contributed by atoms with E-state index in [0.717, 1.165) is 34.5 Å². The van der Waals surface area contributed by atoms with Crippen molar-refractivity contribution in [3.05, 3.63) is 95.9 Å². The van der Waals surface area contributed by atoms with Gasteiger partial charge in [-0.3, -0.25) is 14.7 Å². The van der Waals surface area contributed by atoms with Gasteiger partial charge in [-0.2, -0.15) is 0 Å². The molecule has 6 nitrogen and oxygen atoms in total. The van der Waals surface area contributed by atoms with Gasteiger partial charge in [-0.15, -0.1) is 0 Å². The second kappa shape index (κ2) is 11.6. The fourth-order valence-corrected chi connectivity index (χ4v) is 5.35. The first kappa shape index (κ1) is 25.0. The first-order valence-electron chi connectivity index (χ1n) is 12.3. The Balaban J connectivity index is 1.18. The van der Waals surface area contributed by atoms with Gasteiger partial charge in [0.2, 0.25) is 0 Å². The number of nitrogens with one attached hydrogen (secondary N) is 1. The van der Waals surface area contributed by atoms with E-state index < -0.39 is 0 Å². The molecule has 0 spiro atoms. The molecule has 2 heterocycles. The predicted molar refractivity (Wildman–Crippen MR) is 146 cm³/mol. The third-order valence-corrected chi connectivity index (χ3v) is 7.45. The van der Waals surface area contributed by atoms with E-state index >= 15 is 0 Å². The van der Waals surface area contributed by atoms with E-state index in [9.17, 15) is 9.18 Å². The van der Waals surface area contributed by atoms with Gasteiger partial charge in [0, 0.05) is 61.1 Å². The molecule has 8 heteroatoms. The lowest BCUT2D eigenvalue weighted by Crippen LogP contribution is -2.35. The van der Waals surface area contributed by atoms with E-state index in [1.54, 1.807) is 25.4 Å². The van der Waals surface area contributed by atoms with Crippen LogP contribution in [0.1, 0.15) is 22.3 Å². The highest BCUT2D eigenvalue weighted by atomic mass is 32.2. The molecule has 0 radical (unpaired) electrons. The van der Waals surface area contributed by atoms with Crippen molar-refractivity contribution in [2.75, 3.05) is 38.0 Å². The van der Waals surface area contributed by atoms with Crippen molar-refractivity contribution in [3.8, 4) is 5.75 Å². The van der Waals surface area contributed by atoms with Gasteiger partial charge in [0.15, 0.2) is 0 Å². The molecule has 190 valence electrons. The lowest BCUT2D eigenvalue weighted by molar-refractivity contribution is 0.0761. The highest BCUT2D eigenvalue weighted by Crippen LogP contribution is 2.28. The number of methoxy groups -OCH3 is 1. The average molecular weight is 517 g/mol. The van der Waals surface area contributed by atoms with E-state index in [2.05, 4.69) is 14.6 Å². The summed E-state index contributed by atoms with van der Waals surface area (Å²) in [5, 5.41) is 1.10. The largest absolute Gasteiger partial charge is 0.496 e. The van der Waals surface area contributed by atoms with E-state index in [1.165, 1.54) is 18.0 Å². The molecular formula is C29H29FN4O2S. The highest BCUT2D eigenvalue weighted by Gasteiger charge is 2.22. The Morgan fingerprint density at radius 2 is 1.81 bits per heavy atom. The predicted octanol–water partition coefficient (Wildman–Crippen LogP) is 5.85. The Kier molecular flexibility index (Phi) is 7.87. The summed E-state index contributed by atoms with van der Waals surface area (Å²) in [6, 6.07) is 22.5. The van der Waals surface area contributed by atoms with Crippen LogP contribution in [0.4, 0.5) is 10.1 Å². The van der Waals surface area contributed by atoms with Crippen molar-refractivity contribution in [3.63, 3.8) is 0 Å². The number of carbonyl (C=O) groups excluding carboxylic acids is 1. The third-order valence-electron chi connectivity index (χ3n) is 6.56. The molecule has 1 amide bonds. The summed E-state index contributed by atoms with van der Waals surface area (Å²) in [5.41, 5.74) is 3.09. The van der Waals surface area contributed by atoms with Crippen LogP contribution in [0.2, 0.25) is 0 Å². The van der Waals surface area contributed by atoms with Gasteiger partial charge in [-0.05, 0) is 66.9 Å². The van der Waals surface area contributed by atoms with Gasteiger partial charge in [0.1, 0.15) is 11.6 Å². The van der Waals surface area contributed by atoms with Crippen molar-refractivity contribution >= 4 is 34.4 Å². The third kappa shape index (κ3) is 5.87. The van der Waals surface area contributed by atoms with Gasteiger partial charge in [0.25, 0.3) is 5.91 Å². The van der Waals surface area contributed by atoms with E-state index in [-0.39, 0.29) is 11.7 Å². The number of aromatic nitrogens is 1. The number of hydrogen-bond donors (Lipinski definition) is 1. The van der Waals surface area contributed by atoms with E-state index in [1.807, 2.05) is 59.5 Å². The topological polar surface area (TPSA) is 57.7 Å². The molecule has 1 aliphatic rings. The fraction of sp³-hybridized carbons (Fsp3) is 0.241. The molecule has 4 aromatic rings. The summed E-state index contributed by atoms with van der Waals surface area (Å²) in [6.07, 6.45) is 2.63. The van der Waals surface area contributed by atoms with Crippen LogP contribution in [-0.4, -0.2) is 54.0 Å². The van der Waals surface area contributed by atoms with E-state index in [0.29, 0.717) is 43.1 Å². The highest BCUT2D eigenvalue weighted by molar-refractivity contribution is 8.00. The maximum atomic E-state index is 14.4. The molecule has 1 aliphatic heterocycles. The van der Waals surface area contributed by atoms with Crippen molar-refractivity contribution in [1.29, 1.82) is 0 Å². The monoisotopic (exact) mass is 516 g/mol. The molecule has 3 aromatic carbocycles. The van der Waals surface area contributed by atoms with Gasteiger partial charge >= 0.3 is 0 Å². The molecule has 37 heavy (non-hydrogen) atoms. The van der Waals surface area contributed by atoms with Crippen LogP contribution in [0.3, 0.4) is 0 Å².